The Kier molecular flexibility index (Phi) is 5.34. The minimum atomic E-state index is -5.26. The summed E-state index contributed by atoms with van der Waals surface area (Å²) >= 11 is 0. The van der Waals surface area contributed by atoms with Crippen molar-refractivity contribution >= 4 is 33.4 Å². The van der Waals surface area contributed by atoms with Gasteiger partial charge in [0.1, 0.15) is 0 Å². The van der Waals surface area contributed by atoms with Gasteiger partial charge in [-0.3, -0.25) is 4.79 Å². The van der Waals surface area contributed by atoms with Gasteiger partial charge in [0.15, 0.2) is 0 Å². The van der Waals surface area contributed by atoms with Gasteiger partial charge in [0.05, 0.1) is 0 Å². The van der Waals surface area contributed by atoms with Crippen LogP contribution in [-0.2, 0) is 11.2 Å². The molecule has 0 saturated heterocycles. The van der Waals surface area contributed by atoms with Crippen molar-refractivity contribution in [1.29, 1.82) is 0 Å². The third kappa shape index (κ3) is 3.66. The maximum Gasteiger partial charge on any atom is 0.422 e. The lowest BCUT2D eigenvalue weighted by molar-refractivity contribution is -0.207. The highest BCUT2D eigenvalue weighted by Gasteiger charge is 2.62. The molecule has 0 aromatic heterocycles. The van der Waals surface area contributed by atoms with Crippen LogP contribution in [0.25, 0.3) is 21.5 Å². The van der Waals surface area contributed by atoms with Crippen molar-refractivity contribution in [3.05, 3.63) is 96.1 Å². The normalized spacial score (nSPS) is 13.6. The number of aliphatic carboxylic acids is 1. The molecule has 4 aromatic rings. The molecule has 162 valence electrons. The van der Waals surface area contributed by atoms with Gasteiger partial charge < -0.3 is 10.4 Å². The zero-order valence-corrected chi connectivity index (χ0v) is 16.7. The first-order chi connectivity index (χ1) is 15.2. The number of hydrogen-bond donors (Lipinski definition) is 2. The topological polar surface area (TPSA) is 66.4 Å². The van der Waals surface area contributed by atoms with Crippen molar-refractivity contribution in [2.75, 3.05) is 0 Å². The molecular formula is C25H18F3NO3. The van der Waals surface area contributed by atoms with Crippen LogP contribution < -0.4 is 5.32 Å². The Morgan fingerprint density at radius 2 is 1.28 bits per heavy atom. The Bertz CT molecular complexity index is 1260. The minimum absolute atomic E-state index is 0.0647. The molecule has 0 aliphatic heterocycles. The number of rotatable bonds is 5. The Labute approximate surface area is 181 Å². The second-order valence-corrected chi connectivity index (χ2v) is 7.50. The largest absolute Gasteiger partial charge is 0.479 e. The van der Waals surface area contributed by atoms with Crippen LogP contribution in [0.4, 0.5) is 13.2 Å². The number of carbonyl (C=O) groups excluding carboxylic acids is 1. The molecule has 0 aliphatic carbocycles. The third-order valence-electron chi connectivity index (χ3n) is 5.54. The number of carboxylic acid groups (broad SMARTS) is 1. The van der Waals surface area contributed by atoms with E-state index in [9.17, 15) is 27.9 Å². The van der Waals surface area contributed by atoms with Crippen molar-refractivity contribution in [2.45, 2.75) is 18.1 Å². The molecule has 0 radical (unpaired) electrons. The number of carbonyl (C=O) groups is 2. The van der Waals surface area contributed by atoms with Gasteiger partial charge in [-0.05, 0) is 45.3 Å². The fourth-order valence-electron chi connectivity index (χ4n) is 3.88. The summed E-state index contributed by atoms with van der Waals surface area (Å²) in [5.74, 6) is -3.29. The molecule has 4 aromatic carbocycles. The van der Waals surface area contributed by atoms with E-state index in [1.54, 1.807) is 59.9 Å². The Morgan fingerprint density at radius 1 is 0.781 bits per heavy atom. The second kappa shape index (κ2) is 8.00. The maximum absolute atomic E-state index is 14.4. The van der Waals surface area contributed by atoms with Crippen LogP contribution in [0.1, 0.15) is 15.9 Å². The number of alkyl halides is 3. The molecule has 4 nitrogen and oxygen atoms in total. The number of carboxylic acids is 1. The first-order valence-electron chi connectivity index (χ1n) is 9.80. The van der Waals surface area contributed by atoms with E-state index < -0.39 is 30.0 Å². The van der Waals surface area contributed by atoms with Crippen molar-refractivity contribution in [1.82, 2.24) is 5.32 Å². The molecule has 0 unspecified atom stereocenters. The summed E-state index contributed by atoms with van der Waals surface area (Å²) in [6.07, 6.45) is -6.23. The Balaban J connectivity index is 1.93. The van der Waals surface area contributed by atoms with Crippen LogP contribution in [-0.4, -0.2) is 28.7 Å². The molecule has 2 N–H and O–H groups in total. The van der Waals surface area contributed by atoms with E-state index in [1.807, 2.05) is 6.07 Å². The van der Waals surface area contributed by atoms with E-state index in [1.165, 1.54) is 24.3 Å². The lowest BCUT2D eigenvalue weighted by Crippen LogP contribution is -2.65. The summed E-state index contributed by atoms with van der Waals surface area (Å²) in [6.45, 7) is 0. The van der Waals surface area contributed by atoms with Crippen LogP contribution in [0.5, 0.6) is 0 Å². The summed E-state index contributed by atoms with van der Waals surface area (Å²) in [4.78, 5) is 24.8. The molecule has 4 rings (SSSR count). The molecule has 0 saturated carbocycles. The van der Waals surface area contributed by atoms with Crippen molar-refractivity contribution in [3.63, 3.8) is 0 Å². The Morgan fingerprint density at radius 3 is 1.78 bits per heavy atom. The summed E-state index contributed by atoms with van der Waals surface area (Å²) in [7, 11) is 0. The summed E-state index contributed by atoms with van der Waals surface area (Å²) in [5, 5.41) is 14.0. The van der Waals surface area contributed by atoms with E-state index >= 15 is 0 Å². The minimum Gasteiger partial charge on any atom is -0.479 e. The van der Waals surface area contributed by atoms with Crippen LogP contribution in [0.2, 0.25) is 0 Å². The van der Waals surface area contributed by atoms with E-state index in [0.29, 0.717) is 21.5 Å². The molecular weight excluding hydrogens is 419 g/mol. The number of fused-ring (bicyclic) bond motifs is 2. The predicted octanol–water partition coefficient (Wildman–Crippen LogP) is 5.35. The number of halogens is 3. The molecule has 0 bridgehead atoms. The molecule has 1 amide bonds. The Hall–Kier alpha value is -3.87. The number of benzene rings is 4. The molecule has 0 spiro atoms. The highest BCUT2D eigenvalue weighted by atomic mass is 19.4. The van der Waals surface area contributed by atoms with Gasteiger partial charge in [-0.25, -0.2) is 4.79 Å². The summed E-state index contributed by atoms with van der Waals surface area (Å²) in [5.41, 5.74) is -3.38. The van der Waals surface area contributed by atoms with E-state index in [-0.39, 0.29) is 11.1 Å². The van der Waals surface area contributed by atoms with Crippen LogP contribution in [0.15, 0.2) is 84.9 Å². The number of hydrogen-bond acceptors (Lipinski definition) is 2. The van der Waals surface area contributed by atoms with Gasteiger partial charge in [-0.15, -0.1) is 0 Å². The van der Waals surface area contributed by atoms with Gasteiger partial charge in [0, 0.05) is 12.0 Å². The van der Waals surface area contributed by atoms with Crippen LogP contribution in [0.3, 0.4) is 0 Å². The van der Waals surface area contributed by atoms with Crippen molar-refractivity contribution in [2.24, 2.45) is 0 Å². The zero-order valence-electron chi connectivity index (χ0n) is 16.7. The molecule has 7 heteroatoms. The molecule has 0 heterocycles. The van der Waals surface area contributed by atoms with Gasteiger partial charge >= 0.3 is 12.1 Å². The summed E-state index contributed by atoms with van der Waals surface area (Å²) in [6, 6.07) is 22.8. The fraction of sp³-hybridized carbons (Fsp3) is 0.120. The van der Waals surface area contributed by atoms with E-state index in [4.69, 9.17) is 0 Å². The van der Waals surface area contributed by atoms with Crippen LogP contribution in [0, 0.1) is 0 Å². The highest BCUT2D eigenvalue weighted by Crippen LogP contribution is 2.38. The average Bonchev–Trinajstić information content (AvgIpc) is 2.77. The molecule has 0 fully saturated rings. The average molecular weight is 437 g/mol. The number of amides is 1. The van der Waals surface area contributed by atoms with Crippen LogP contribution >= 0.6 is 0 Å². The predicted molar refractivity (Wildman–Crippen MR) is 115 cm³/mol. The van der Waals surface area contributed by atoms with Gasteiger partial charge in [-0.1, -0.05) is 66.7 Å². The molecule has 32 heavy (non-hydrogen) atoms. The molecule has 0 aliphatic rings. The first-order valence-corrected chi connectivity index (χ1v) is 9.80. The quantitative estimate of drug-likeness (QED) is 0.414. The van der Waals surface area contributed by atoms with Gasteiger partial charge in [0.2, 0.25) is 5.54 Å². The molecule has 1 atom stereocenters. The number of nitrogens with one attached hydrogen (secondary N) is 1. The summed E-state index contributed by atoms with van der Waals surface area (Å²) < 4.78 is 43.2. The highest BCUT2D eigenvalue weighted by molar-refractivity contribution is 6.04. The SMILES string of the molecule is O=C(N[C@](Cc1c2ccccc2cc2ccccc12)(C(=O)O)C(F)(F)F)c1ccccc1. The monoisotopic (exact) mass is 437 g/mol. The lowest BCUT2D eigenvalue weighted by atomic mass is 9.84. The van der Waals surface area contributed by atoms with E-state index in [2.05, 4.69) is 0 Å². The second-order valence-electron chi connectivity index (χ2n) is 7.50. The lowest BCUT2D eigenvalue weighted by Gasteiger charge is -2.33. The van der Waals surface area contributed by atoms with Crippen molar-refractivity contribution < 1.29 is 27.9 Å². The maximum atomic E-state index is 14.4. The zero-order chi connectivity index (χ0) is 22.9. The van der Waals surface area contributed by atoms with E-state index in [0.717, 1.165) is 0 Å². The van der Waals surface area contributed by atoms with Gasteiger partial charge in [-0.2, -0.15) is 13.2 Å². The third-order valence-corrected chi connectivity index (χ3v) is 5.54. The standard InChI is InChI=1S/C25H18F3NO3/c26-25(27,28)24(23(31)32,29-22(30)16-8-2-1-3-9-16)15-21-19-12-6-4-10-17(19)14-18-11-5-7-13-20(18)21/h1-14H,15H2,(H,29,30)(H,31,32)/t24-/m1/s1. The fourth-order valence-corrected chi connectivity index (χ4v) is 3.88. The smallest absolute Gasteiger partial charge is 0.422 e. The van der Waals surface area contributed by atoms with Gasteiger partial charge in [0.25, 0.3) is 5.91 Å². The van der Waals surface area contributed by atoms with Crippen molar-refractivity contribution in [3.8, 4) is 0 Å². The first kappa shape index (κ1) is 21.4.